The van der Waals surface area contributed by atoms with Crippen LogP contribution in [-0.2, 0) is 4.79 Å². The van der Waals surface area contributed by atoms with Crippen LogP contribution in [0.1, 0.15) is 24.2 Å². The molecule has 0 N–H and O–H groups in total. The van der Waals surface area contributed by atoms with Gasteiger partial charge in [-0.2, -0.15) is 0 Å². The minimum atomic E-state index is -0.391. The molecule has 0 radical (unpaired) electrons. The van der Waals surface area contributed by atoms with Crippen LogP contribution in [0.5, 0.6) is 11.5 Å². The highest BCUT2D eigenvalue weighted by Gasteiger charge is 2.26. The van der Waals surface area contributed by atoms with Crippen LogP contribution in [0.2, 0.25) is 0 Å². The average Bonchev–Trinajstić information content (AvgIpc) is 2.55. The summed E-state index contributed by atoms with van der Waals surface area (Å²) in [7, 11) is 0. The molecule has 2 aromatic carbocycles. The molecule has 0 saturated carbocycles. The first-order valence-corrected chi connectivity index (χ1v) is 6.97. The zero-order valence-electron chi connectivity index (χ0n) is 11.8. The summed E-state index contributed by atoms with van der Waals surface area (Å²) in [5.41, 5.74) is 2.44. The van der Waals surface area contributed by atoms with E-state index in [4.69, 9.17) is 9.47 Å². The van der Waals surface area contributed by atoms with E-state index in [-0.39, 0.29) is 0 Å². The van der Waals surface area contributed by atoms with Gasteiger partial charge < -0.3 is 9.47 Å². The zero-order valence-corrected chi connectivity index (χ0v) is 11.8. The summed E-state index contributed by atoms with van der Waals surface area (Å²) in [6.07, 6.45) is 2.33. The van der Waals surface area contributed by atoms with E-state index in [0.29, 0.717) is 23.7 Å². The molecule has 0 aliphatic carbocycles. The van der Waals surface area contributed by atoms with Gasteiger partial charge in [0.1, 0.15) is 6.29 Å². The minimum absolute atomic E-state index is 0.391. The lowest BCUT2D eigenvalue weighted by Gasteiger charge is -2.26. The van der Waals surface area contributed by atoms with Crippen molar-refractivity contribution in [1.29, 1.82) is 0 Å². The molecule has 1 heterocycles. The Morgan fingerprint density at radius 3 is 2.67 bits per heavy atom. The SMILES string of the molecule is CCOc1cccc2c1OC(c1ccccc1)C(C=O)=C2. The fourth-order valence-corrected chi connectivity index (χ4v) is 2.47. The normalized spacial score (nSPS) is 16.4. The van der Waals surface area contributed by atoms with Gasteiger partial charge in [0.25, 0.3) is 0 Å². The highest BCUT2D eigenvalue weighted by molar-refractivity contribution is 5.86. The predicted octanol–water partition coefficient (Wildman–Crippen LogP) is 3.80. The second-order valence-electron chi connectivity index (χ2n) is 4.78. The lowest BCUT2D eigenvalue weighted by molar-refractivity contribution is -0.105. The average molecular weight is 280 g/mol. The number of hydrogen-bond acceptors (Lipinski definition) is 3. The number of para-hydroxylation sites is 1. The van der Waals surface area contributed by atoms with Crippen molar-refractivity contribution in [2.24, 2.45) is 0 Å². The maximum atomic E-state index is 11.4. The van der Waals surface area contributed by atoms with Crippen LogP contribution in [0.3, 0.4) is 0 Å². The minimum Gasteiger partial charge on any atom is -0.490 e. The van der Waals surface area contributed by atoms with Gasteiger partial charge >= 0.3 is 0 Å². The number of aldehydes is 1. The number of rotatable bonds is 4. The second kappa shape index (κ2) is 5.83. The summed E-state index contributed by atoms with van der Waals surface area (Å²) < 4.78 is 11.7. The van der Waals surface area contributed by atoms with Gasteiger partial charge in [-0.1, -0.05) is 42.5 Å². The molecule has 3 rings (SSSR count). The van der Waals surface area contributed by atoms with Crippen LogP contribution in [0.15, 0.2) is 54.1 Å². The van der Waals surface area contributed by atoms with Crippen LogP contribution in [0.4, 0.5) is 0 Å². The van der Waals surface area contributed by atoms with Gasteiger partial charge in [0, 0.05) is 11.1 Å². The third-order valence-corrected chi connectivity index (χ3v) is 3.41. The van der Waals surface area contributed by atoms with Crippen LogP contribution in [0.25, 0.3) is 6.08 Å². The van der Waals surface area contributed by atoms with Crippen molar-refractivity contribution in [3.05, 3.63) is 65.2 Å². The number of carbonyl (C=O) groups excluding carboxylic acids is 1. The molecule has 21 heavy (non-hydrogen) atoms. The summed E-state index contributed by atoms with van der Waals surface area (Å²) in [6.45, 7) is 2.50. The van der Waals surface area contributed by atoms with Crippen molar-refractivity contribution in [2.75, 3.05) is 6.61 Å². The summed E-state index contributed by atoms with van der Waals surface area (Å²) >= 11 is 0. The molecule has 0 aromatic heterocycles. The Kier molecular flexibility index (Phi) is 3.73. The molecule has 1 aliphatic heterocycles. The van der Waals surface area contributed by atoms with E-state index in [1.807, 2.05) is 61.5 Å². The highest BCUT2D eigenvalue weighted by Crippen LogP contribution is 2.42. The number of fused-ring (bicyclic) bond motifs is 1. The summed E-state index contributed by atoms with van der Waals surface area (Å²) in [5.74, 6) is 1.40. The van der Waals surface area contributed by atoms with Gasteiger partial charge in [-0.15, -0.1) is 0 Å². The van der Waals surface area contributed by atoms with Gasteiger partial charge in [-0.3, -0.25) is 4.79 Å². The molecule has 0 bridgehead atoms. The van der Waals surface area contributed by atoms with Crippen molar-refractivity contribution < 1.29 is 14.3 Å². The van der Waals surface area contributed by atoms with Crippen LogP contribution in [-0.4, -0.2) is 12.9 Å². The van der Waals surface area contributed by atoms with Crippen LogP contribution >= 0.6 is 0 Å². The molecule has 1 atom stereocenters. The Morgan fingerprint density at radius 2 is 1.95 bits per heavy atom. The fraction of sp³-hybridized carbons (Fsp3) is 0.167. The summed E-state index contributed by atoms with van der Waals surface area (Å²) in [6, 6.07) is 15.4. The van der Waals surface area contributed by atoms with Crippen molar-refractivity contribution >= 4 is 12.4 Å². The lowest BCUT2D eigenvalue weighted by atomic mass is 9.97. The Hall–Kier alpha value is -2.55. The van der Waals surface area contributed by atoms with Gasteiger partial charge in [0.05, 0.1) is 6.61 Å². The van der Waals surface area contributed by atoms with Crippen LogP contribution < -0.4 is 9.47 Å². The molecular weight excluding hydrogens is 264 g/mol. The number of hydrogen-bond donors (Lipinski definition) is 0. The lowest BCUT2D eigenvalue weighted by Crippen LogP contribution is -2.16. The van der Waals surface area contributed by atoms with Crippen molar-refractivity contribution in [3.63, 3.8) is 0 Å². The molecule has 3 nitrogen and oxygen atoms in total. The first kappa shape index (κ1) is 13.4. The molecule has 2 aromatic rings. The fourth-order valence-electron chi connectivity index (χ4n) is 2.47. The largest absolute Gasteiger partial charge is 0.490 e. The smallest absolute Gasteiger partial charge is 0.169 e. The van der Waals surface area contributed by atoms with E-state index in [0.717, 1.165) is 17.4 Å². The molecular formula is C18H16O3. The maximum absolute atomic E-state index is 11.4. The Labute approximate surface area is 123 Å². The molecule has 0 saturated heterocycles. The highest BCUT2D eigenvalue weighted by atomic mass is 16.5. The van der Waals surface area contributed by atoms with Gasteiger partial charge in [-0.25, -0.2) is 0 Å². The van der Waals surface area contributed by atoms with E-state index in [1.165, 1.54) is 0 Å². The van der Waals surface area contributed by atoms with E-state index in [2.05, 4.69) is 0 Å². The predicted molar refractivity (Wildman–Crippen MR) is 81.5 cm³/mol. The topological polar surface area (TPSA) is 35.5 Å². The third-order valence-electron chi connectivity index (χ3n) is 3.41. The van der Waals surface area contributed by atoms with Gasteiger partial charge in [0.2, 0.25) is 0 Å². The van der Waals surface area contributed by atoms with Crippen LogP contribution in [0, 0.1) is 0 Å². The molecule has 0 spiro atoms. The molecule has 1 aliphatic rings. The van der Waals surface area contributed by atoms with Gasteiger partial charge in [0.15, 0.2) is 17.6 Å². The quantitative estimate of drug-likeness (QED) is 0.799. The standard InChI is InChI=1S/C18H16O3/c1-2-20-16-10-6-9-14-11-15(12-19)17(21-18(14)16)13-7-4-3-5-8-13/h3-12,17H,2H2,1H3. The third kappa shape index (κ3) is 2.55. The zero-order chi connectivity index (χ0) is 14.7. The molecule has 1 unspecified atom stereocenters. The Bertz CT molecular complexity index is 674. The number of benzene rings is 2. The van der Waals surface area contributed by atoms with E-state index < -0.39 is 6.10 Å². The van der Waals surface area contributed by atoms with E-state index in [9.17, 15) is 4.79 Å². The monoisotopic (exact) mass is 280 g/mol. The first-order chi connectivity index (χ1) is 10.3. The molecule has 106 valence electrons. The molecule has 0 amide bonds. The number of carbonyl (C=O) groups is 1. The Balaban J connectivity index is 2.07. The summed E-state index contributed by atoms with van der Waals surface area (Å²) in [5, 5.41) is 0. The molecule has 3 heteroatoms. The van der Waals surface area contributed by atoms with Crippen molar-refractivity contribution in [2.45, 2.75) is 13.0 Å². The molecule has 0 fully saturated rings. The van der Waals surface area contributed by atoms with E-state index >= 15 is 0 Å². The first-order valence-electron chi connectivity index (χ1n) is 6.97. The van der Waals surface area contributed by atoms with E-state index in [1.54, 1.807) is 0 Å². The maximum Gasteiger partial charge on any atom is 0.169 e. The second-order valence-corrected chi connectivity index (χ2v) is 4.78. The summed E-state index contributed by atoms with van der Waals surface area (Å²) in [4.78, 5) is 11.4. The van der Waals surface area contributed by atoms with Crippen molar-refractivity contribution in [1.82, 2.24) is 0 Å². The number of ether oxygens (including phenoxy) is 2. The van der Waals surface area contributed by atoms with Crippen molar-refractivity contribution in [3.8, 4) is 11.5 Å². The van der Waals surface area contributed by atoms with Gasteiger partial charge in [-0.05, 0) is 24.6 Å². The Morgan fingerprint density at radius 1 is 1.14 bits per heavy atom.